The van der Waals surface area contributed by atoms with Crippen molar-refractivity contribution in [3.63, 3.8) is 0 Å². The second-order valence-electron chi connectivity index (χ2n) is 2.55. The van der Waals surface area contributed by atoms with Gasteiger partial charge in [0, 0.05) is 3.57 Å². The Balaban J connectivity index is 3.12. The topological polar surface area (TPSA) is 52.3 Å². The molecule has 0 unspecified atom stereocenters. The number of carbonyl (C=O) groups is 1. The van der Waals surface area contributed by atoms with E-state index >= 15 is 0 Å². The maximum absolute atomic E-state index is 11.9. The van der Waals surface area contributed by atoms with Crippen LogP contribution in [0.5, 0.6) is 5.75 Å². The molecule has 3 nitrogen and oxygen atoms in total. The lowest BCUT2D eigenvalue weighted by molar-refractivity contribution is -0.274. The number of hydrogen-bond donors (Lipinski definition) is 1. The Bertz CT molecular complexity index is 392. The first-order chi connectivity index (χ1) is 6.79. The fraction of sp³-hybridized carbons (Fsp3) is 0.125. The van der Waals surface area contributed by atoms with Gasteiger partial charge in [0.1, 0.15) is 5.75 Å². The van der Waals surface area contributed by atoms with Gasteiger partial charge in [-0.1, -0.05) is 0 Å². The molecule has 0 aliphatic carbocycles. The van der Waals surface area contributed by atoms with Crippen molar-refractivity contribution in [3.8, 4) is 5.75 Å². The van der Waals surface area contributed by atoms with E-state index in [9.17, 15) is 18.0 Å². The number of ether oxygens (including phenoxy) is 1. The van der Waals surface area contributed by atoms with E-state index in [4.69, 9.17) is 5.73 Å². The SMILES string of the molecule is NC(=O)c1cc(I)ccc1OC(F)(F)F. The lowest BCUT2D eigenvalue weighted by Gasteiger charge is -2.11. The van der Waals surface area contributed by atoms with Crippen LogP contribution >= 0.6 is 22.6 Å². The maximum atomic E-state index is 11.9. The van der Waals surface area contributed by atoms with Crippen LogP contribution in [0.2, 0.25) is 0 Å². The van der Waals surface area contributed by atoms with E-state index in [0.29, 0.717) is 3.57 Å². The summed E-state index contributed by atoms with van der Waals surface area (Å²) in [4.78, 5) is 10.8. The quantitative estimate of drug-likeness (QED) is 0.846. The van der Waals surface area contributed by atoms with Crippen molar-refractivity contribution in [2.75, 3.05) is 0 Å². The third kappa shape index (κ3) is 3.57. The first-order valence-electron chi connectivity index (χ1n) is 3.65. The zero-order valence-corrected chi connectivity index (χ0v) is 9.30. The fourth-order valence-corrected chi connectivity index (χ4v) is 1.40. The Labute approximate surface area is 96.5 Å². The fourth-order valence-electron chi connectivity index (χ4n) is 0.908. The van der Waals surface area contributed by atoms with Crippen LogP contribution in [0.1, 0.15) is 10.4 Å². The largest absolute Gasteiger partial charge is 0.573 e. The molecule has 0 bridgehead atoms. The number of carbonyl (C=O) groups excluding carboxylic acids is 1. The first-order valence-corrected chi connectivity index (χ1v) is 4.72. The van der Waals surface area contributed by atoms with Gasteiger partial charge in [0.25, 0.3) is 5.91 Å². The molecule has 0 saturated heterocycles. The number of rotatable bonds is 2. The Morgan fingerprint density at radius 1 is 1.40 bits per heavy atom. The molecule has 1 rings (SSSR count). The first kappa shape index (κ1) is 12.1. The molecule has 15 heavy (non-hydrogen) atoms. The average molecular weight is 331 g/mol. The number of halogens is 4. The molecule has 82 valence electrons. The number of nitrogens with two attached hydrogens (primary N) is 1. The van der Waals surface area contributed by atoms with E-state index < -0.39 is 18.0 Å². The molecule has 7 heteroatoms. The minimum Gasteiger partial charge on any atom is -0.405 e. The molecule has 0 saturated carbocycles. The summed E-state index contributed by atoms with van der Waals surface area (Å²) in [6.45, 7) is 0. The number of benzene rings is 1. The summed E-state index contributed by atoms with van der Waals surface area (Å²) < 4.78 is 40.0. The Hall–Kier alpha value is -0.990. The summed E-state index contributed by atoms with van der Waals surface area (Å²) in [6.07, 6.45) is -4.84. The van der Waals surface area contributed by atoms with E-state index in [1.807, 2.05) is 22.6 Å². The normalized spacial score (nSPS) is 11.2. The van der Waals surface area contributed by atoms with E-state index in [0.717, 1.165) is 6.07 Å². The van der Waals surface area contributed by atoms with Crippen LogP contribution in [-0.4, -0.2) is 12.3 Å². The van der Waals surface area contributed by atoms with Crippen molar-refractivity contribution < 1.29 is 22.7 Å². The molecular weight excluding hydrogens is 326 g/mol. The van der Waals surface area contributed by atoms with Gasteiger partial charge in [0.05, 0.1) is 5.56 Å². The van der Waals surface area contributed by atoms with Gasteiger partial charge in [-0.25, -0.2) is 0 Å². The highest BCUT2D eigenvalue weighted by Gasteiger charge is 2.32. The molecule has 0 atom stereocenters. The van der Waals surface area contributed by atoms with Gasteiger partial charge in [-0.2, -0.15) is 0 Å². The molecule has 0 aromatic heterocycles. The van der Waals surface area contributed by atoms with Crippen LogP contribution in [0.4, 0.5) is 13.2 Å². The number of primary amides is 1. The van der Waals surface area contributed by atoms with Gasteiger partial charge < -0.3 is 10.5 Å². The number of hydrogen-bond acceptors (Lipinski definition) is 2. The van der Waals surface area contributed by atoms with Crippen LogP contribution in [0, 0.1) is 3.57 Å². The van der Waals surface area contributed by atoms with E-state index in [1.54, 1.807) is 0 Å². The number of amides is 1. The van der Waals surface area contributed by atoms with Crippen LogP contribution in [-0.2, 0) is 0 Å². The smallest absolute Gasteiger partial charge is 0.405 e. The van der Waals surface area contributed by atoms with Crippen molar-refractivity contribution in [2.45, 2.75) is 6.36 Å². The minimum atomic E-state index is -4.84. The summed E-state index contributed by atoms with van der Waals surface area (Å²) in [6, 6.07) is 3.66. The lowest BCUT2D eigenvalue weighted by atomic mass is 10.2. The van der Waals surface area contributed by atoms with Crippen LogP contribution in [0.15, 0.2) is 18.2 Å². The van der Waals surface area contributed by atoms with Gasteiger partial charge in [-0.15, -0.1) is 13.2 Å². The maximum Gasteiger partial charge on any atom is 0.573 e. The van der Waals surface area contributed by atoms with Gasteiger partial charge in [0.2, 0.25) is 0 Å². The third-order valence-corrected chi connectivity index (χ3v) is 2.10. The number of alkyl halides is 3. The van der Waals surface area contributed by atoms with Gasteiger partial charge in [-0.3, -0.25) is 4.79 Å². The summed E-state index contributed by atoms with van der Waals surface area (Å²) >= 11 is 1.85. The van der Waals surface area contributed by atoms with Crippen molar-refractivity contribution in [3.05, 3.63) is 27.3 Å². The molecular formula is C8H5F3INO2. The summed E-state index contributed by atoms with van der Waals surface area (Å²) in [5, 5.41) is 0. The van der Waals surface area contributed by atoms with Gasteiger partial charge in [0.15, 0.2) is 0 Å². The van der Waals surface area contributed by atoms with Gasteiger partial charge >= 0.3 is 6.36 Å². The molecule has 0 spiro atoms. The lowest BCUT2D eigenvalue weighted by Crippen LogP contribution is -2.21. The zero-order valence-electron chi connectivity index (χ0n) is 7.14. The Morgan fingerprint density at radius 3 is 2.47 bits per heavy atom. The predicted octanol–water partition coefficient (Wildman–Crippen LogP) is 2.29. The monoisotopic (exact) mass is 331 g/mol. The molecule has 0 fully saturated rings. The molecule has 0 radical (unpaired) electrons. The molecule has 2 N–H and O–H groups in total. The van der Waals surface area contributed by atoms with Crippen LogP contribution in [0.25, 0.3) is 0 Å². The van der Waals surface area contributed by atoms with Crippen molar-refractivity contribution in [1.82, 2.24) is 0 Å². The molecule has 1 amide bonds. The Morgan fingerprint density at radius 2 is 2.00 bits per heavy atom. The summed E-state index contributed by atoms with van der Waals surface area (Å²) in [5.74, 6) is -1.55. The predicted molar refractivity (Wildman–Crippen MR) is 54.4 cm³/mol. The molecule has 0 aliphatic rings. The average Bonchev–Trinajstić information content (AvgIpc) is 2.05. The third-order valence-electron chi connectivity index (χ3n) is 1.43. The van der Waals surface area contributed by atoms with Gasteiger partial charge in [-0.05, 0) is 40.8 Å². The van der Waals surface area contributed by atoms with Crippen molar-refractivity contribution >= 4 is 28.5 Å². The van der Waals surface area contributed by atoms with E-state index in [-0.39, 0.29) is 5.56 Å². The summed E-state index contributed by atoms with van der Waals surface area (Å²) in [7, 11) is 0. The second kappa shape index (κ2) is 4.25. The Kier molecular flexibility index (Phi) is 3.42. The minimum absolute atomic E-state index is 0.292. The molecule has 1 aromatic carbocycles. The van der Waals surface area contributed by atoms with E-state index in [2.05, 4.69) is 4.74 Å². The van der Waals surface area contributed by atoms with Crippen molar-refractivity contribution in [1.29, 1.82) is 0 Å². The van der Waals surface area contributed by atoms with Crippen molar-refractivity contribution in [2.24, 2.45) is 5.73 Å². The molecule has 1 aromatic rings. The van der Waals surface area contributed by atoms with Crippen LogP contribution < -0.4 is 10.5 Å². The standard InChI is InChI=1S/C8H5F3INO2/c9-8(10,11)15-6-2-1-4(12)3-5(6)7(13)14/h1-3H,(H2,13,14). The summed E-state index contributed by atoms with van der Waals surface area (Å²) in [5.41, 5.74) is 4.62. The van der Waals surface area contributed by atoms with Crippen LogP contribution in [0.3, 0.4) is 0 Å². The molecule has 0 heterocycles. The zero-order chi connectivity index (χ0) is 11.6. The highest BCUT2D eigenvalue weighted by atomic mass is 127. The van der Waals surface area contributed by atoms with E-state index in [1.165, 1.54) is 12.1 Å². The highest BCUT2D eigenvalue weighted by Crippen LogP contribution is 2.27. The highest BCUT2D eigenvalue weighted by molar-refractivity contribution is 14.1. The molecule has 0 aliphatic heterocycles. The second-order valence-corrected chi connectivity index (χ2v) is 3.80.